The predicted octanol–water partition coefficient (Wildman–Crippen LogP) is 0.675. The molecule has 1 atom stereocenters. The zero-order chi connectivity index (χ0) is 7.98. The molecule has 0 amide bonds. The number of unbranched alkanes of at least 4 members (excludes halogenated alkanes) is 1. The summed E-state index contributed by atoms with van der Waals surface area (Å²) in [5.41, 5.74) is -0.330. The molecule has 0 saturated carbocycles. The Kier molecular flexibility index (Phi) is 5.83. The SMILES string of the molecule is [B]C(=O)C(CCCC)NS. The molecule has 0 heterocycles. The van der Waals surface area contributed by atoms with Crippen molar-refractivity contribution in [1.29, 1.82) is 0 Å². The second kappa shape index (κ2) is 5.80. The Morgan fingerprint density at radius 1 is 1.80 bits per heavy atom. The monoisotopic (exact) mass is 157 g/mol. The van der Waals surface area contributed by atoms with Crippen LogP contribution in [-0.4, -0.2) is 19.6 Å². The van der Waals surface area contributed by atoms with Crippen LogP contribution in [-0.2, 0) is 4.79 Å². The molecule has 0 spiro atoms. The van der Waals surface area contributed by atoms with Crippen molar-refractivity contribution in [1.82, 2.24) is 4.72 Å². The van der Waals surface area contributed by atoms with Crippen molar-refractivity contribution in [2.45, 2.75) is 32.2 Å². The first-order valence-corrected chi connectivity index (χ1v) is 3.86. The van der Waals surface area contributed by atoms with E-state index in [1.54, 1.807) is 0 Å². The maximum atomic E-state index is 10.5. The Labute approximate surface area is 68.7 Å². The minimum atomic E-state index is -0.330. The van der Waals surface area contributed by atoms with Gasteiger partial charge in [-0.25, -0.2) is 0 Å². The van der Waals surface area contributed by atoms with Crippen LogP contribution in [0.2, 0.25) is 0 Å². The van der Waals surface area contributed by atoms with Crippen LogP contribution in [0.5, 0.6) is 0 Å². The van der Waals surface area contributed by atoms with Gasteiger partial charge in [0.25, 0.3) is 0 Å². The van der Waals surface area contributed by atoms with E-state index in [2.05, 4.69) is 24.5 Å². The maximum Gasteiger partial charge on any atom is 0.170 e. The molecule has 1 unspecified atom stereocenters. The van der Waals surface area contributed by atoms with Gasteiger partial charge in [0.05, 0.1) is 11.7 Å². The van der Waals surface area contributed by atoms with E-state index in [-0.39, 0.29) is 11.7 Å². The summed E-state index contributed by atoms with van der Waals surface area (Å²) in [6.07, 6.45) is 2.84. The molecular formula is C6H12BNOS. The highest BCUT2D eigenvalue weighted by Gasteiger charge is 2.08. The van der Waals surface area contributed by atoms with Crippen molar-refractivity contribution < 1.29 is 4.79 Å². The van der Waals surface area contributed by atoms with Gasteiger partial charge in [-0.1, -0.05) is 32.6 Å². The number of carbonyl (C=O) groups is 1. The summed E-state index contributed by atoms with van der Waals surface area (Å²) in [5.74, 6) is 0. The van der Waals surface area contributed by atoms with E-state index in [0.717, 1.165) is 19.3 Å². The van der Waals surface area contributed by atoms with Gasteiger partial charge in [0.2, 0.25) is 0 Å². The summed E-state index contributed by atoms with van der Waals surface area (Å²) in [7, 11) is 5.04. The summed E-state index contributed by atoms with van der Waals surface area (Å²) in [4.78, 5) is 10.5. The van der Waals surface area contributed by atoms with Crippen LogP contribution in [0.15, 0.2) is 0 Å². The number of nitrogens with one attached hydrogen (secondary N) is 1. The van der Waals surface area contributed by atoms with E-state index in [4.69, 9.17) is 7.85 Å². The van der Waals surface area contributed by atoms with Crippen molar-refractivity contribution in [2.24, 2.45) is 0 Å². The van der Waals surface area contributed by atoms with Crippen LogP contribution in [0.25, 0.3) is 0 Å². The van der Waals surface area contributed by atoms with Gasteiger partial charge in [-0.05, 0) is 6.42 Å². The van der Waals surface area contributed by atoms with Gasteiger partial charge in [0.15, 0.2) is 7.85 Å². The first-order chi connectivity index (χ1) is 4.72. The van der Waals surface area contributed by atoms with Gasteiger partial charge in [-0.2, -0.15) is 0 Å². The second-order valence-electron chi connectivity index (χ2n) is 2.23. The molecule has 0 saturated heterocycles. The molecule has 0 aromatic carbocycles. The second-order valence-corrected chi connectivity index (χ2v) is 2.48. The van der Waals surface area contributed by atoms with Crippen LogP contribution < -0.4 is 4.72 Å². The van der Waals surface area contributed by atoms with Crippen molar-refractivity contribution >= 4 is 26.3 Å². The predicted molar refractivity (Wildman–Crippen MR) is 46.2 cm³/mol. The zero-order valence-electron chi connectivity index (χ0n) is 6.13. The molecule has 4 heteroatoms. The highest BCUT2D eigenvalue weighted by atomic mass is 32.1. The summed E-state index contributed by atoms with van der Waals surface area (Å²) in [6.45, 7) is 2.07. The average molecular weight is 157 g/mol. The minimum Gasteiger partial charge on any atom is -0.311 e. The molecule has 0 bridgehead atoms. The molecule has 0 aromatic rings. The molecule has 0 aliphatic rings. The topological polar surface area (TPSA) is 29.1 Å². The van der Waals surface area contributed by atoms with Gasteiger partial charge in [-0.3, -0.25) is 4.72 Å². The first kappa shape index (κ1) is 10.0. The Morgan fingerprint density at radius 3 is 2.70 bits per heavy atom. The van der Waals surface area contributed by atoms with Crippen LogP contribution in [0.1, 0.15) is 26.2 Å². The van der Waals surface area contributed by atoms with Crippen molar-refractivity contribution in [3.63, 3.8) is 0 Å². The Balaban J connectivity index is 3.50. The Hall–Kier alpha value is 0.0449. The molecule has 0 aromatic heterocycles. The number of hydrogen-bond donors (Lipinski definition) is 2. The van der Waals surface area contributed by atoms with Crippen LogP contribution >= 0.6 is 12.8 Å². The number of carbonyl (C=O) groups excluding carboxylic acids is 1. The number of hydrogen-bond acceptors (Lipinski definition) is 3. The smallest absolute Gasteiger partial charge is 0.170 e. The third-order valence-electron chi connectivity index (χ3n) is 1.35. The highest BCUT2D eigenvalue weighted by molar-refractivity contribution is 7.78. The van der Waals surface area contributed by atoms with Crippen LogP contribution in [0.3, 0.4) is 0 Å². The van der Waals surface area contributed by atoms with E-state index in [0.29, 0.717) is 0 Å². The van der Waals surface area contributed by atoms with Crippen LogP contribution in [0.4, 0.5) is 0 Å². The Morgan fingerprint density at radius 2 is 2.40 bits per heavy atom. The zero-order valence-corrected chi connectivity index (χ0v) is 7.03. The first-order valence-electron chi connectivity index (χ1n) is 3.41. The van der Waals surface area contributed by atoms with Crippen LogP contribution in [0, 0.1) is 0 Å². The van der Waals surface area contributed by atoms with Gasteiger partial charge in [0, 0.05) is 0 Å². The lowest BCUT2D eigenvalue weighted by Crippen LogP contribution is -2.30. The lowest BCUT2D eigenvalue weighted by Gasteiger charge is -2.10. The number of thiol groups is 1. The lowest BCUT2D eigenvalue weighted by molar-refractivity contribution is -0.113. The quantitative estimate of drug-likeness (QED) is 0.453. The van der Waals surface area contributed by atoms with Crippen molar-refractivity contribution in [2.75, 3.05) is 0 Å². The summed E-state index contributed by atoms with van der Waals surface area (Å²) in [5, 5.41) is 0. The average Bonchev–Trinajstić information content (AvgIpc) is 1.89. The molecule has 1 N–H and O–H groups in total. The molecule has 2 radical (unpaired) electrons. The van der Waals surface area contributed by atoms with Gasteiger partial charge < -0.3 is 4.79 Å². The van der Waals surface area contributed by atoms with E-state index < -0.39 is 0 Å². The summed E-state index contributed by atoms with van der Waals surface area (Å²) >= 11 is 3.78. The molecule has 0 rings (SSSR count). The molecule has 0 aliphatic heterocycles. The lowest BCUT2D eigenvalue weighted by atomic mass is 9.92. The van der Waals surface area contributed by atoms with Gasteiger partial charge in [-0.15, -0.1) is 0 Å². The molecule has 0 fully saturated rings. The van der Waals surface area contributed by atoms with Gasteiger partial charge in [0.1, 0.15) is 0 Å². The third kappa shape index (κ3) is 3.96. The fourth-order valence-electron chi connectivity index (χ4n) is 0.679. The molecule has 2 nitrogen and oxygen atoms in total. The van der Waals surface area contributed by atoms with E-state index in [1.165, 1.54) is 0 Å². The Bertz CT molecular complexity index is 110. The third-order valence-corrected chi connectivity index (χ3v) is 1.66. The molecule has 10 heavy (non-hydrogen) atoms. The summed E-state index contributed by atoms with van der Waals surface area (Å²) in [6, 6.07) is -0.275. The minimum absolute atomic E-state index is 0.275. The van der Waals surface area contributed by atoms with E-state index in [1.807, 2.05) is 0 Å². The highest BCUT2D eigenvalue weighted by Crippen LogP contribution is 2.00. The normalized spacial score (nSPS) is 13.0. The van der Waals surface area contributed by atoms with E-state index >= 15 is 0 Å². The molecular weight excluding hydrogens is 145 g/mol. The van der Waals surface area contributed by atoms with Gasteiger partial charge >= 0.3 is 0 Å². The largest absolute Gasteiger partial charge is 0.311 e. The van der Waals surface area contributed by atoms with E-state index in [9.17, 15) is 4.79 Å². The fourth-order valence-corrected chi connectivity index (χ4v) is 0.935. The van der Waals surface area contributed by atoms with Crippen molar-refractivity contribution in [3.05, 3.63) is 0 Å². The number of rotatable bonds is 5. The fraction of sp³-hybridized carbons (Fsp3) is 0.833. The standard InChI is InChI=1S/C6H12BNOS/c1-2-3-4-5(8-10)6(7)9/h5,8,10H,2-4H2,1H3. The summed E-state index contributed by atoms with van der Waals surface area (Å²) < 4.78 is 2.56. The maximum absolute atomic E-state index is 10.5. The molecule has 0 aliphatic carbocycles. The molecule has 56 valence electrons. The van der Waals surface area contributed by atoms with Crippen molar-refractivity contribution in [3.8, 4) is 0 Å².